The lowest BCUT2D eigenvalue weighted by Gasteiger charge is -2.28. The van der Waals surface area contributed by atoms with E-state index in [-0.39, 0.29) is 25.2 Å². The minimum absolute atomic E-state index is 0. The molecule has 0 aromatic carbocycles. The van der Waals surface area contributed by atoms with E-state index in [1.54, 1.807) is 0 Å². The topological polar surface area (TPSA) is 164 Å². The first kappa shape index (κ1) is 30.2. The molecule has 2 saturated heterocycles. The Hall–Kier alpha value is -1.01. The molecule has 0 radical (unpaired) electrons. The number of nitrogens with zero attached hydrogens (tertiary/aromatic N) is 1. The van der Waals surface area contributed by atoms with Crippen LogP contribution in [-0.4, -0.2) is 105 Å². The van der Waals surface area contributed by atoms with Crippen LogP contribution in [0.3, 0.4) is 0 Å². The number of unbranched alkanes of at least 4 members (excludes halogenated alkanes) is 1. The standard InChI is InChI=1S/C8H16NO2.C6H10O4.C4H13N3.ClH/c1-9(2,3-7-5-10-7)4-8-6-11-8;7-5(8)3-1-2-4-6(9)10;5-1-3-7-4-2-6;/h7-8H,3-6H2,1-2H3;1-4H2,(H,7,8)(H,9,10);7H,1-6H2;1H/q+1;;;/p-1. The largest absolute Gasteiger partial charge is 1.00 e. The molecule has 2 fully saturated rings. The Kier molecular flexibility index (Phi) is 18.5. The molecule has 174 valence electrons. The fourth-order valence-electron chi connectivity index (χ4n) is 2.41. The van der Waals surface area contributed by atoms with Crippen molar-refractivity contribution in [2.45, 2.75) is 37.9 Å². The minimum atomic E-state index is -0.870. The highest BCUT2D eigenvalue weighted by Crippen LogP contribution is 2.18. The molecule has 0 saturated carbocycles. The minimum Gasteiger partial charge on any atom is -1.00 e. The fraction of sp³-hybridized carbons (Fsp3) is 0.889. The van der Waals surface area contributed by atoms with Crippen LogP contribution in [0, 0.1) is 0 Å². The van der Waals surface area contributed by atoms with E-state index in [2.05, 4.69) is 19.4 Å². The SMILES string of the molecule is C[N+](C)(CC1CO1)CC1CO1.NCCNCCN.O=C(O)CCCCC(=O)O.[Cl-]. The molecule has 2 atom stereocenters. The van der Waals surface area contributed by atoms with Crippen LogP contribution in [0.15, 0.2) is 0 Å². The summed E-state index contributed by atoms with van der Waals surface area (Å²) in [5.74, 6) is -1.74. The van der Waals surface area contributed by atoms with E-state index in [1.807, 2.05) is 0 Å². The van der Waals surface area contributed by atoms with Gasteiger partial charge in [-0.3, -0.25) is 9.59 Å². The number of quaternary nitrogens is 1. The van der Waals surface area contributed by atoms with Crippen LogP contribution in [0.1, 0.15) is 25.7 Å². The maximum Gasteiger partial charge on any atom is 0.303 e. The van der Waals surface area contributed by atoms with Gasteiger partial charge < -0.3 is 53.4 Å². The van der Waals surface area contributed by atoms with Gasteiger partial charge in [-0.2, -0.15) is 0 Å². The monoisotopic (exact) mass is 442 g/mol. The highest BCUT2D eigenvalue weighted by Gasteiger charge is 2.36. The van der Waals surface area contributed by atoms with Crippen molar-refractivity contribution in [2.75, 3.05) is 66.6 Å². The van der Waals surface area contributed by atoms with Crippen molar-refractivity contribution in [2.24, 2.45) is 11.5 Å². The summed E-state index contributed by atoms with van der Waals surface area (Å²) in [7, 11) is 4.48. The summed E-state index contributed by atoms with van der Waals surface area (Å²) in [6.45, 7) is 7.34. The molecule has 2 rings (SSSR count). The van der Waals surface area contributed by atoms with E-state index in [0.29, 0.717) is 38.1 Å². The van der Waals surface area contributed by atoms with Crippen molar-refractivity contribution in [1.29, 1.82) is 0 Å². The molecule has 2 heterocycles. The number of hydrogen-bond donors (Lipinski definition) is 5. The number of rotatable bonds is 13. The molecule has 29 heavy (non-hydrogen) atoms. The summed E-state index contributed by atoms with van der Waals surface area (Å²) in [5.41, 5.74) is 10.3. The first-order valence-corrected chi connectivity index (χ1v) is 9.79. The Morgan fingerprint density at radius 3 is 1.52 bits per heavy atom. The summed E-state index contributed by atoms with van der Waals surface area (Å²) in [5, 5.41) is 19.3. The van der Waals surface area contributed by atoms with Crippen LogP contribution in [-0.2, 0) is 19.1 Å². The van der Waals surface area contributed by atoms with Gasteiger partial charge in [0, 0.05) is 39.0 Å². The first-order valence-electron chi connectivity index (χ1n) is 9.79. The van der Waals surface area contributed by atoms with Crippen molar-refractivity contribution < 1.29 is 46.2 Å². The van der Waals surface area contributed by atoms with Gasteiger partial charge in [0.2, 0.25) is 0 Å². The van der Waals surface area contributed by atoms with Crippen molar-refractivity contribution >= 4 is 11.9 Å². The first-order chi connectivity index (χ1) is 13.2. The summed E-state index contributed by atoms with van der Waals surface area (Å²) < 4.78 is 11.4. The maximum atomic E-state index is 9.90. The van der Waals surface area contributed by atoms with Gasteiger partial charge in [-0.25, -0.2) is 0 Å². The zero-order valence-corrected chi connectivity index (χ0v) is 18.4. The third-order valence-electron chi connectivity index (χ3n) is 3.87. The van der Waals surface area contributed by atoms with Crippen LogP contribution in [0.4, 0.5) is 0 Å². The van der Waals surface area contributed by atoms with Crippen LogP contribution >= 0.6 is 0 Å². The lowest BCUT2D eigenvalue weighted by atomic mass is 10.2. The average molecular weight is 443 g/mol. The number of halogens is 1. The highest BCUT2D eigenvalue weighted by molar-refractivity contribution is 5.67. The molecule has 2 aliphatic rings. The van der Waals surface area contributed by atoms with E-state index >= 15 is 0 Å². The van der Waals surface area contributed by atoms with Crippen LogP contribution in [0.2, 0.25) is 0 Å². The summed E-state index contributed by atoms with van der Waals surface area (Å²) >= 11 is 0. The Morgan fingerprint density at radius 1 is 0.931 bits per heavy atom. The molecule has 0 aromatic heterocycles. The summed E-state index contributed by atoms with van der Waals surface area (Å²) in [6, 6.07) is 0. The zero-order valence-electron chi connectivity index (χ0n) is 17.6. The van der Waals surface area contributed by atoms with Crippen molar-refractivity contribution in [3.63, 3.8) is 0 Å². The second kappa shape index (κ2) is 17.8. The Bertz CT molecular complexity index is 399. The van der Waals surface area contributed by atoms with Gasteiger partial charge in [-0.05, 0) is 12.8 Å². The van der Waals surface area contributed by atoms with E-state index < -0.39 is 11.9 Å². The zero-order chi connectivity index (χ0) is 21.4. The lowest BCUT2D eigenvalue weighted by molar-refractivity contribution is -0.891. The predicted octanol–water partition coefficient (Wildman–Crippen LogP) is -3.93. The van der Waals surface area contributed by atoms with Gasteiger partial charge in [-0.1, -0.05) is 0 Å². The van der Waals surface area contributed by atoms with Gasteiger partial charge in [-0.15, -0.1) is 0 Å². The van der Waals surface area contributed by atoms with Gasteiger partial charge >= 0.3 is 11.9 Å². The lowest BCUT2D eigenvalue weighted by Crippen LogP contribution is -3.00. The number of aliphatic carboxylic acids is 2. The van der Waals surface area contributed by atoms with Crippen molar-refractivity contribution in [3.05, 3.63) is 0 Å². The van der Waals surface area contributed by atoms with E-state index in [4.69, 9.17) is 31.2 Å². The quantitative estimate of drug-likeness (QED) is 0.109. The Morgan fingerprint density at radius 2 is 1.28 bits per heavy atom. The number of carboxylic acid groups (broad SMARTS) is 2. The molecular weight excluding hydrogens is 404 g/mol. The Labute approximate surface area is 179 Å². The molecule has 0 aromatic rings. The van der Waals surface area contributed by atoms with Crippen molar-refractivity contribution in [1.82, 2.24) is 5.32 Å². The molecule has 11 heteroatoms. The number of epoxide rings is 2. The molecule has 10 nitrogen and oxygen atoms in total. The fourth-order valence-corrected chi connectivity index (χ4v) is 2.41. The maximum absolute atomic E-state index is 9.90. The third kappa shape index (κ3) is 25.0. The summed E-state index contributed by atoms with van der Waals surface area (Å²) in [4.78, 5) is 19.8. The van der Waals surface area contributed by atoms with Crippen molar-refractivity contribution in [3.8, 4) is 0 Å². The van der Waals surface area contributed by atoms with Gasteiger partial charge in [0.15, 0.2) is 0 Å². The number of carboxylic acids is 2. The molecular formula is C18H39ClN4O6. The number of nitrogens with two attached hydrogens (primary N) is 2. The molecule has 2 unspecified atom stereocenters. The van der Waals surface area contributed by atoms with Gasteiger partial charge in [0.05, 0.1) is 27.3 Å². The molecule has 0 spiro atoms. The van der Waals surface area contributed by atoms with Gasteiger partial charge in [0.25, 0.3) is 0 Å². The number of nitrogens with one attached hydrogen (secondary N) is 1. The molecule has 0 aliphatic carbocycles. The van der Waals surface area contributed by atoms with Crippen LogP contribution in [0.5, 0.6) is 0 Å². The van der Waals surface area contributed by atoms with E-state index in [0.717, 1.165) is 43.9 Å². The average Bonchev–Trinajstić information content (AvgIpc) is 3.51. The van der Waals surface area contributed by atoms with E-state index in [1.165, 1.54) is 0 Å². The highest BCUT2D eigenvalue weighted by atomic mass is 35.5. The molecule has 2 aliphatic heterocycles. The van der Waals surface area contributed by atoms with Gasteiger partial charge in [0.1, 0.15) is 25.3 Å². The number of likely N-dealkylation sites (N-methyl/N-ethyl adjacent to an activating group) is 1. The van der Waals surface area contributed by atoms with Crippen LogP contribution in [0.25, 0.3) is 0 Å². The second-order valence-corrected chi connectivity index (χ2v) is 7.53. The molecule has 0 amide bonds. The van der Waals surface area contributed by atoms with Crippen LogP contribution < -0.4 is 29.2 Å². The van der Waals surface area contributed by atoms with E-state index in [9.17, 15) is 9.59 Å². The number of carbonyl (C=O) groups is 2. The third-order valence-corrected chi connectivity index (χ3v) is 3.87. The molecule has 0 bridgehead atoms. The smallest absolute Gasteiger partial charge is 0.303 e. The molecule has 7 N–H and O–H groups in total. The number of hydrogen-bond acceptors (Lipinski definition) is 7. The second-order valence-electron chi connectivity index (χ2n) is 7.53. The Balaban J connectivity index is 0. The summed E-state index contributed by atoms with van der Waals surface area (Å²) in [6.07, 6.45) is 2.08. The number of ether oxygens (including phenoxy) is 2. The predicted molar refractivity (Wildman–Crippen MR) is 106 cm³/mol. The normalized spacial score (nSPS) is 18.9.